The molecule has 0 unspecified atom stereocenters. The highest BCUT2D eigenvalue weighted by atomic mass is 35.5. The summed E-state index contributed by atoms with van der Waals surface area (Å²) in [6.07, 6.45) is 7.28. The van der Waals surface area contributed by atoms with Gasteiger partial charge in [-0.15, -0.1) is 10.2 Å². The molecule has 5 aromatic heterocycles. The average Bonchev–Trinajstić information content (AvgIpc) is 4.06. The first-order valence-corrected chi connectivity index (χ1v) is 20.4. The van der Waals surface area contributed by atoms with E-state index in [0.717, 1.165) is 77.9 Å². The van der Waals surface area contributed by atoms with Gasteiger partial charge in [-0.25, -0.2) is 13.7 Å². The Kier molecular flexibility index (Phi) is 11.8. The number of phenolic OH excluding ortho intramolecular Hbond substituents is 2. The summed E-state index contributed by atoms with van der Waals surface area (Å²) < 4.78 is 16.4. The lowest BCUT2D eigenvalue weighted by Gasteiger charge is -2.26. The molecule has 15 nitrogen and oxygen atoms in total. The Balaban J connectivity index is 0.000000159. The highest BCUT2D eigenvalue weighted by molar-refractivity contribution is 6.33. The van der Waals surface area contributed by atoms with Crippen molar-refractivity contribution in [1.29, 1.82) is 0 Å². The fraction of sp³-hybridized carbons (Fsp3) is 0.133. The molecule has 9 aromatic rings. The second-order valence-electron chi connectivity index (χ2n) is 14.2. The van der Waals surface area contributed by atoms with Crippen LogP contribution in [0.3, 0.4) is 0 Å². The normalized spacial score (nSPS) is 12.9. The van der Waals surface area contributed by atoms with Crippen LogP contribution in [0.4, 0.5) is 23.3 Å². The molecule has 0 amide bonds. The van der Waals surface area contributed by atoms with Crippen LogP contribution in [0.5, 0.6) is 17.2 Å². The molecule has 1 fully saturated rings. The number of aromatic nitrogens is 8. The topological polar surface area (TPSA) is 164 Å². The minimum atomic E-state index is 0.155. The maximum Gasteiger partial charge on any atom is 0.247 e. The van der Waals surface area contributed by atoms with Gasteiger partial charge in [0, 0.05) is 94.2 Å². The number of anilines is 4. The lowest BCUT2D eigenvalue weighted by atomic mass is 10.1. The minimum absolute atomic E-state index is 0.155. The van der Waals surface area contributed by atoms with Crippen LogP contribution in [-0.2, 0) is 4.74 Å². The van der Waals surface area contributed by atoms with Crippen molar-refractivity contribution >= 4 is 57.8 Å². The fourth-order valence-corrected chi connectivity index (χ4v) is 7.30. The molecule has 0 bridgehead atoms. The fourth-order valence-electron chi connectivity index (χ4n) is 6.85. The van der Waals surface area contributed by atoms with Gasteiger partial charge in [0.2, 0.25) is 11.9 Å². The van der Waals surface area contributed by atoms with Crippen LogP contribution in [-0.4, -0.2) is 93.5 Å². The van der Waals surface area contributed by atoms with Crippen molar-refractivity contribution in [3.63, 3.8) is 0 Å². The van der Waals surface area contributed by atoms with Crippen LogP contribution < -0.4 is 15.4 Å². The summed E-state index contributed by atoms with van der Waals surface area (Å²) in [5.41, 5.74) is 7.12. The number of ether oxygens (including phenoxy) is 2. The van der Waals surface area contributed by atoms with Gasteiger partial charge in [0.25, 0.3) is 0 Å². The maximum absolute atomic E-state index is 9.80. The Morgan fingerprint density at radius 1 is 0.661 bits per heavy atom. The SMILES string of the molecule is Oc1ccc(Cl)c(-c2ccc3nc(Nc4cccc(-n5cccn5)c4)nn3c2)c1.Oc1ccc(Cl)c(-c2ccc3nc(Nc4cccc(OCCN5CCOCC5)c4)nn3c2)c1. The van der Waals surface area contributed by atoms with E-state index in [-0.39, 0.29) is 11.5 Å². The number of morpholine rings is 1. The van der Waals surface area contributed by atoms with E-state index < -0.39 is 0 Å². The van der Waals surface area contributed by atoms with Gasteiger partial charge in [-0.05, 0) is 97.1 Å². The molecule has 1 saturated heterocycles. The number of hydrogen-bond acceptors (Lipinski definition) is 12. The first kappa shape index (κ1) is 40.2. The number of halogens is 2. The molecule has 0 atom stereocenters. The second-order valence-corrected chi connectivity index (χ2v) is 15.0. The Bertz CT molecular complexity index is 2970. The molecule has 1 aliphatic heterocycles. The number of aromatic hydroxyl groups is 2. The molecule has 1 aliphatic rings. The second kappa shape index (κ2) is 18.2. The standard InChI is InChI=1S/C24H24ClN5O3.C21H15ClN6O/c25-22-6-5-19(31)15-21(22)17-4-7-23-27-24(28-30(23)16-17)26-18-2-1-3-20(14-18)33-13-10-29-8-11-32-12-9-29;22-19-7-6-17(29)12-18(19)14-5-8-20-25-21(26-28(20)13-14)24-15-3-1-4-16(11-15)27-10-2-9-23-27/h1-7,14-16,31H,8-13H2,(H,26,28);1-13,29H,(H,24,26). The van der Waals surface area contributed by atoms with E-state index in [1.807, 2.05) is 97.5 Å². The van der Waals surface area contributed by atoms with Gasteiger partial charge >= 0.3 is 0 Å². The Morgan fingerprint density at radius 2 is 1.26 bits per heavy atom. The van der Waals surface area contributed by atoms with Crippen LogP contribution in [0.1, 0.15) is 0 Å². The van der Waals surface area contributed by atoms with Crippen molar-refractivity contribution in [3.8, 4) is 45.2 Å². The lowest BCUT2D eigenvalue weighted by Crippen LogP contribution is -2.38. The van der Waals surface area contributed by atoms with Crippen LogP contribution in [0.15, 0.2) is 140 Å². The third kappa shape index (κ3) is 9.56. The smallest absolute Gasteiger partial charge is 0.247 e. The number of phenols is 2. The van der Waals surface area contributed by atoms with Gasteiger partial charge in [-0.3, -0.25) is 4.90 Å². The Labute approximate surface area is 365 Å². The van der Waals surface area contributed by atoms with Gasteiger partial charge in [-0.1, -0.05) is 35.3 Å². The molecular formula is C45H39Cl2N11O4. The third-order valence-corrected chi connectivity index (χ3v) is 10.6. The number of nitrogens with zero attached hydrogens (tertiary/aromatic N) is 9. The van der Waals surface area contributed by atoms with E-state index in [1.54, 1.807) is 56.3 Å². The summed E-state index contributed by atoms with van der Waals surface area (Å²) in [7, 11) is 0. The third-order valence-electron chi connectivity index (χ3n) is 9.93. The highest BCUT2D eigenvalue weighted by Crippen LogP contribution is 2.33. The largest absolute Gasteiger partial charge is 0.508 e. The summed E-state index contributed by atoms with van der Waals surface area (Å²) in [5.74, 6) is 2.05. The van der Waals surface area contributed by atoms with Gasteiger partial charge < -0.3 is 30.3 Å². The van der Waals surface area contributed by atoms with Crippen LogP contribution in [0.2, 0.25) is 10.0 Å². The van der Waals surface area contributed by atoms with Gasteiger partial charge in [-0.2, -0.15) is 15.1 Å². The van der Waals surface area contributed by atoms with Crippen LogP contribution in [0, 0.1) is 0 Å². The predicted octanol–water partition coefficient (Wildman–Crippen LogP) is 8.89. The van der Waals surface area contributed by atoms with Crippen LogP contribution in [0.25, 0.3) is 39.2 Å². The zero-order valence-electron chi connectivity index (χ0n) is 33.0. The number of nitrogens with one attached hydrogen (secondary N) is 2. The quantitative estimate of drug-likeness (QED) is 0.0978. The summed E-state index contributed by atoms with van der Waals surface area (Å²) in [5, 5.41) is 40.4. The van der Waals surface area contributed by atoms with E-state index in [9.17, 15) is 10.2 Å². The summed E-state index contributed by atoms with van der Waals surface area (Å²) in [6.45, 7) is 4.96. The van der Waals surface area contributed by atoms with E-state index in [1.165, 1.54) is 0 Å². The number of fused-ring (bicyclic) bond motifs is 2. The van der Waals surface area contributed by atoms with Crippen molar-refractivity contribution in [3.05, 3.63) is 150 Å². The average molecular weight is 869 g/mol. The first-order chi connectivity index (χ1) is 30.3. The number of pyridine rings is 2. The van der Waals surface area contributed by atoms with E-state index in [0.29, 0.717) is 39.8 Å². The van der Waals surface area contributed by atoms with Gasteiger partial charge in [0.05, 0.1) is 18.9 Å². The summed E-state index contributed by atoms with van der Waals surface area (Å²) in [6, 6.07) is 34.7. The van der Waals surface area contributed by atoms with Gasteiger partial charge in [0.15, 0.2) is 11.3 Å². The molecule has 0 aliphatic carbocycles. The monoisotopic (exact) mass is 867 g/mol. The Morgan fingerprint density at radius 3 is 1.85 bits per heavy atom. The van der Waals surface area contributed by atoms with Crippen molar-refractivity contribution < 1.29 is 19.7 Å². The predicted molar refractivity (Wildman–Crippen MR) is 240 cm³/mol. The first-order valence-electron chi connectivity index (χ1n) is 19.7. The van der Waals surface area contributed by atoms with Gasteiger partial charge in [0.1, 0.15) is 23.9 Å². The molecular weight excluding hydrogens is 829 g/mol. The molecule has 17 heteroatoms. The molecule has 6 heterocycles. The molecule has 0 spiro atoms. The molecule has 312 valence electrons. The Hall–Kier alpha value is -7.17. The number of benzene rings is 4. The number of rotatable bonds is 11. The minimum Gasteiger partial charge on any atom is -0.508 e. The molecule has 4 N–H and O–H groups in total. The van der Waals surface area contributed by atoms with E-state index in [4.69, 9.17) is 32.7 Å². The van der Waals surface area contributed by atoms with E-state index in [2.05, 4.69) is 40.8 Å². The van der Waals surface area contributed by atoms with Crippen LogP contribution >= 0.6 is 23.2 Å². The summed E-state index contributed by atoms with van der Waals surface area (Å²) >= 11 is 12.6. The molecule has 10 rings (SSSR count). The van der Waals surface area contributed by atoms with Crippen molar-refractivity contribution in [2.45, 2.75) is 0 Å². The lowest BCUT2D eigenvalue weighted by molar-refractivity contribution is 0.0322. The molecule has 0 saturated carbocycles. The van der Waals surface area contributed by atoms with Crippen molar-refractivity contribution in [2.75, 3.05) is 50.1 Å². The van der Waals surface area contributed by atoms with E-state index >= 15 is 0 Å². The highest BCUT2D eigenvalue weighted by Gasteiger charge is 2.13. The molecule has 4 aromatic carbocycles. The molecule has 0 radical (unpaired) electrons. The number of hydrogen-bond donors (Lipinski definition) is 4. The van der Waals surface area contributed by atoms with Crippen molar-refractivity contribution in [2.24, 2.45) is 0 Å². The maximum atomic E-state index is 9.80. The zero-order chi connectivity index (χ0) is 42.4. The summed E-state index contributed by atoms with van der Waals surface area (Å²) in [4.78, 5) is 11.4. The molecule has 62 heavy (non-hydrogen) atoms. The van der Waals surface area contributed by atoms with Crippen molar-refractivity contribution in [1.82, 2.24) is 43.9 Å². The zero-order valence-corrected chi connectivity index (χ0v) is 34.5.